The van der Waals surface area contributed by atoms with E-state index in [4.69, 9.17) is 16.3 Å². The van der Waals surface area contributed by atoms with Crippen LogP contribution in [0, 0.1) is 6.92 Å². The van der Waals surface area contributed by atoms with Gasteiger partial charge < -0.3 is 10.1 Å². The van der Waals surface area contributed by atoms with Crippen LogP contribution in [-0.2, 0) is 16.6 Å². The molecule has 1 aliphatic rings. The first-order valence-corrected chi connectivity index (χ1v) is 8.56. The summed E-state index contributed by atoms with van der Waals surface area (Å²) in [4.78, 5) is 14.6. The van der Waals surface area contributed by atoms with E-state index < -0.39 is 0 Å². The molecule has 7 heteroatoms. The number of hydrogen-bond donors (Lipinski definition) is 1. The number of nitrogens with zero attached hydrogens (tertiary/aromatic N) is 3. The summed E-state index contributed by atoms with van der Waals surface area (Å²) < 4.78 is 6.71. The molecule has 1 saturated heterocycles. The summed E-state index contributed by atoms with van der Waals surface area (Å²) in [5.41, 5.74) is 2.01. The van der Waals surface area contributed by atoms with Gasteiger partial charge in [-0.25, -0.2) is 0 Å². The zero-order valence-corrected chi connectivity index (χ0v) is 15.2. The van der Waals surface area contributed by atoms with Crippen molar-refractivity contribution in [1.82, 2.24) is 20.0 Å². The van der Waals surface area contributed by atoms with Gasteiger partial charge in [0, 0.05) is 38.9 Å². The van der Waals surface area contributed by atoms with Gasteiger partial charge in [0.15, 0.2) is 0 Å². The first-order valence-electron chi connectivity index (χ1n) is 8.18. The molecule has 0 spiro atoms. The van der Waals surface area contributed by atoms with Crippen molar-refractivity contribution in [2.45, 2.75) is 45.2 Å². The second-order valence-electron chi connectivity index (χ2n) is 6.12. The van der Waals surface area contributed by atoms with Crippen molar-refractivity contribution in [2.24, 2.45) is 7.05 Å². The number of halogens is 1. The van der Waals surface area contributed by atoms with E-state index in [0.29, 0.717) is 18.3 Å². The third kappa shape index (κ3) is 4.05. The lowest BCUT2D eigenvalue weighted by Crippen LogP contribution is -2.45. The molecule has 1 aromatic heterocycles. The highest BCUT2D eigenvalue weighted by Crippen LogP contribution is 2.38. The highest BCUT2D eigenvalue weighted by atomic mass is 35.5. The number of ether oxygens (including phenoxy) is 1. The molecule has 1 aliphatic heterocycles. The molecule has 0 unspecified atom stereocenters. The highest BCUT2D eigenvalue weighted by molar-refractivity contribution is 6.30. The van der Waals surface area contributed by atoms with Crippen LogP contribution in [0.3, 0.4) is 0 Å². The summed E-state index contributed by atoms with van der Waals surface area (Å²) in [5.74, 6) is 0.0608. The number of aryl methyl sites for hydroxylation is 2. The van der Waals surface area contributed by atoms with E-state index in [-0.39, 0.29) is 18.0 Å². The van der Waals surface area contributed by atoms with Gasteiger partial charge in [-0.05, 0) is 39.7 Å². The lowest BCUT2D eigenvalue weighted by molar-refractivity contribution is -0.126. The first kappa shape index (κ1) is 18.2. The third-order valence-corrected chi connectivity index (χ3v) is 4.97. The van der Waals surface area contributed by atoms with Crippen LogP contribution in [0.15, 0.2) is 0 Å². The van der Waals surface area contributed by atoms with Crippen LogP contribution >= 0.6 is 11.6 Å². The molecule has 0 radical (unpaired) electrons. The van der Waals surface area contributed by atoms with E-state index in [9.17, 15) is 4.79 Å². The van der Waals surface area contributed by atoms with Gasteiger partial charge in [0.2, 0.25) is 5.91 Å². The molecule has 23 heavy (non-hydrogen) atoms. The van der Waals surface area contributed by atoms with Crippen molar-refractivity contribution in [3.8, 4) is 0 Å². The maximum absolute atomic E-state index is 12.4. The standard InChI is InChI=1S/C16H27ClN4O2/c1-11-14(15(17)20(3)19-11)13-7-5-9-21(13)12(2)16(22)18-8-6-10-23-4/h12-13H,5-10H2,1-4H3,(H,18,22)/t12-,13-/m1/s1. The Bertz CT molecular complexity index is 546. The second kappa shape index (κ2) is 8.13. The quantitative estimate of drug-likeness (QED) is 0.770. The molecule has 0 aliphatic carbocycles. The summed E-state index contributed by atoms with van der Waals surface area (Å²) >= 11 is 6.42. The molecule has 1 amide bonds. The van der Waals surface area contributed by atoms with E-state index in [1.54, 1.807) is 11.8 Å². The number of methoxy groups -OCH3 is 1. The van der Waals surface area contributed by atoms with Gasteiger partial charge in [-0.2, -0.15) is 5.10 Å². The number of rotatable bonds is 7. The fourth-order valence-corrected chi connectivity index (χ4v) is 3.61. The minimum Gasteiger partial charge on any atom is -0.385 e. The number of nitrogens with one attached hydrogen (secondary N) is 1. The predicted octanol–water partition coefficient (Wildman–Crippen LogP) is 2.06. The van der Waals surface area contributed by atoms with Crippen molar-refractivity contribution < 1.29 is 9.53 Å². The largest absolute Gasteiger partial charge is 0.385 e. The van der Waals surface area contributed by atoms with Gasteiger partial charge in [-0.3, -0.25) is 14.4 Å². The molecule has 0 bridgehead atoms. The van der Waals surface area contributed by atoms with E-state index in [0.717, 1.165) is 37.1 Å². The Labute approximate surface area is 143 Å². The minimum atomic E-state index is -0.180. The number of carbonyl (C=O) groups excluding carboxylic acids is 1. The number of amides is 1. The summed E-state index contributed by atoms with van der Waals surface area (Å²) in [6, 6.07) is -0.0170. The van der Waals surface area contributed by atoms with Crippen molar-refractivity contribution in [3.05, 3.63) is 16.4 Å². The van der Waals surface area contributed by atoms with E-state index >= 15 is 0 Å². The van der Waals surface area contributed by atoms with Crippen LogP contribution in [0.2, 0.25) is 5.15 Å². The van der Waals surface area contributed by atoms with E-state index in [2.05, 4.69) is 15.3 Å². The molecule has 2 rings (SSSR count). The first-order chi connectivity index (χ1) is 11.0. The average Bonchev–Trinajstić information content (AvgIpc) is 3.08. The lowest BCUT2D eigenvalue weighted by Gasteiger charge is -2.30. The van der Waals surface area contributed by atoms with Crippen LogP contribution in [0.1, 0.15) is 43.5 Å². The zero-order chi connectivity index (χ0) is 17.0. The predicted molar refractivity (Wildman–Crippen MR) is 90.6 cm³/mol. The molecule has 0 aromatic carbocycles. The fourth-order valence-electron chi connectivity index (χ4n) is 3.31. The van der Waals surface area contributed by atoms with Crippen LogP contribution < -0.4 is 5.32 Å². The normalized spacial score (nSPS) is 20.0. The van der Waals surface area contributed by atoms with Crippen LogP contribution in [0.5, 0.6) is 0 Å². The maximum Gasteiger partial charge on any atom is 0.237 e. The van der Waals surface area contributed by atoms with Gasteiger partial charge in [0.05, 0.1) is 11.7 Å². The Kier molecular flexibility index (Phi) is 6.44. The molecule has 0 saturated carbocycles. The molecule has 130 valence electrons. The number of likely N-dealkylation sites (tertiary alicyclic amines) is 1. The van der Waals surface area contributed by atoms with Crippen LogP contribution in [-0.4, -0.2) is 53.4 Å². The monoisotopic (exact) mass is 342 g/mol. The summed E-state index contributed by atoms with van der Waals surface area (Å²) in [6.45, 7) is 6.15. The van der Waals surface area contributed by atoms with Gasteiger partial charge in [-0.1, -0.05) is 11.6 Å². The van der Waals surface area contributed by atoms with E-state index in [1.165, 1.54) is 0 Å². The Morgan fingerprint density at radius 2 is 2.30 bits per heavy atom. The smallest absolute Gasteiger partial charge is 0.237 e. The molecule has 1 N–H and O–H groups in total. The molecule has 1 aromatic rings. The molecular weight excluding hydrogens is 316 g/mol. The number of carbonyl (C=O) groups is 1. The Morgan fingerprint density at radius 3 is 2.91 bits per heavy atom. The second-order valence-corrected chi connectivity index (χ2v) is 6.48. The number of hydrogen-bond acceptors (Lipinski definition) is 4. The Balaban J connectivity index is 2.04. The van der Waals surface area contributed by atoms with Gasteiger partial charge in [-0.15, -0.1) is 0 Å². The molecule has 1 fully saturated rings. The summed E-state index contributed by atoms with van der Waals surface area (Å²) in [5, 5.41) is 8.07. The third-order valence-electron chi connectivity index (χ3n) is 4.52. The number of aromatic nitrogens is 2. The molecule has 6 nitrogen and oxygen atoms in total. The Hall–Kier alpha value is -1.11. The average molecular weight is 343 g/mol. The van der Waals surface area contributed by atoms with Crippen LogP contribution in [0.4, 0.5) is 0 Å². The molecule has 2 heterocycles. The minimum absolute atomic E-state index is 0.0608. The topological polar surface area (TPSA) is 59.4 Å². The van der Waals surface area contributed by atoms with Crippen molar-refractivity contribution in [2.75, 3.05) is 26.8 Å². The van der Waals surface area contributed by atoms with Crippen molar-refractivity contribution >= 4 is 17.5 Å². The van der Waals surface area contributed by atoms with Crippen molar-refractivity contribution in [1.29, 1.82) is 0 Å². The SMILES string of the molecule is COCCCNC(=O)[C@@H](C)N1CCC[C@@H]1c1c(C)nn(C)c1Cl. The molecular formula is C16H27ClN4O2. The molecule has 2 atom stereocenters. The van der Waals surface area contributed by atoms with Crippen molar-refractivity contribution in [3.63, 3.8) is 0 Å². The van der Waals surface area contributed by atoms with Gasteiger partial charge in [0.25, 0.3) is 0 Å². The summed E-state index contributed by atoms with van der Waals surface area (Å²) in [6.07, 6.45) is 2.90. The van der Waals surface area contributed by atoms with Gasteiger partial charge >= 0.3 is 0 Å². The van der Waals surface area contributed by atoms with Crippen LogP contribution in [0.25, 0.3) is 0 Å². The van der Waals surface area contributed by atoms with Gasteiger partial charge in [0.1, 0.15) is 5.15 Å². The lowest BCUT2D eigenvalue weighted by atomic mass is 10.0. The highest BCUT2D eigenvalue weighted by Gasteiger charge is 2.36. The Morgan fingerprint density at radius 1 is 1.57 bits per heavy atom. The summed E-state index contributed by atoms with van der Waals surface area (Å²) in [7, 11) is 3.52. The zero-order valence-electron chi connectivity index (χ0n) is 14.4. The maximum atomic E-state index is 12.4. The van der Waals surface area contributed by atoms with E-state index in [1.807, 2.05) is 20.9 Å². The fraction of sp³-hybridized carbons (Fsp3) is 0.750.